The van der Waals surface area contributed by atoms with E-state index in [9.17, 15) is 24.3 Å². The minimum absolute atomic E-state index is 0.0824. The Morgan fingerprint density at radius 3 is 0.894 bits per heavy atom. The Labute approximate surface area is 755 Å². The minimum Gasteiger partial charge on any atom is -0.478 e. The molecule has 654 valence electrons. The number of benzene rings is 4. The fourth-order valence-electron chi connectivity index (χ4n) is 18.4. The van der Waals surface area contributed by atoms with Gasteiger partial charge in [0.1, 0.15) is 67.9 Å². The first-order valence-corrected chi connectivity index (χ1v) is 49.5. The number of carboxylic acids is 1. The second-order valence-corrected chi connectivity index (χ2v) is 39.6. The number of carboxylic acid groups (broad SMARTS) is 1. The quantitative estimate of drug-likeness (QED) is 0.0297. The number of morpholine rings is 4. The van der Waals surface area contributed by atoms with Crippen molar-refractivity contribution in [2.45, 2.75) is 158 Å². The largest absolute Gasteiger partial charge is 0.478 e. The van der Waals surface area contributed by atoms with E-state index < -0.39 is 26.3 Å². The number of nitrogens with two attached hydrogens (primary N) is 1. The molecule has 7 N–H and O–H groups in total. The van der Waals surface area contributed by atoms with Gasteiger partial charge in [0, 0.05) is 179 Å². The zero-order chi connectivity index (χ0) is 85.5. The molecule has 123 heavy (non-hydrogen) atoms. The van der Waals surface area contributed by atoms with Gasteiger partial charge in [0.05, 0.1) is 85.3 Å². The van der Waals surface area contributed by atoms with Crippen molar-refractivity contribution >= 4 is 238 Å². The molecule has 20 rings (SSSR count). The van der Waals surface area contributed by atoms with Crippen LogP contribution >= 0.6 is 102 Å². The lowest BCUT2D eigenvalue weighted by Crippen LogP contribution is -2.46. The number of carbonyl (C=O) groups is 4. The van der Waals surface area contributed by atoms with Crippen LogP contribution in [0.5, 0.6) is 0 Å². The minimum atomic E-state index is -1.67. The zero-order valence-corrected chi connectivity index (χ0v) is 76.0. The third-order valence-electron chi connectivity index (χ3n) is 24.6. The van der Waals surface area contributed by atoms with Crippen molar-refractivity contribution in [3.63, 3.8) is 0 Å². The normalized spacial score (nSPS) is 22.6. The molecule has 8 fully saturated rings. The number of nitrogens with zero attached hydrogens (tertiary/aromatic N) is 12. The first kappa shape index (κ1) is 90.6. The number of fused-ring (bicyclic) bond motifs is 12. The maximum atomic E-state index is 11.9. The number of nitrogens with one attached hydrogen (secondary N) is 4. The monoisotopic (exact) mass is 1870 g/mol. The van der Waals surface area contributed by atoms with Crippen LogP contribution in [0.25, 0.3) is 81.2 Å². The van der Waals surface area contributed by atoms with Crippen LogP contribution in [-0.4, -0.2) is 251 Å². The summed E-state index contributed by atoms with van der Waals surface area (Å²) in [7, 11) is 7.36. The lowest BCUT2D eigenvalue weighted by atomic mass is 9.90. The fraction of sp³-hybridized carbons (Fsp3) is 0.488. The number of aromatic nitrogens is 8. The van der Waals surface area contributed by atoms with E-state index in [0.29, 0.717) is 59.5 Å². The molecule has 12 aromatic rings. The molecular weight excluding hydrogens is 1770 g/mol. The Morgan fingerprint density at radius 2 is 0.642 bits per heavy atom. The highest BCUT2D eigenvalue weighted by molar-refractivity contribution is 8.26. The molecule has 4 saturated carbocycles. The Bertz CT molecular complexity index is 4990. The average molecular weight is 1870 g/mol. The van der Waals surface area contributed by atoms with Crippen molar-refractivity contribution in [3.05, 3.63) is 120 Å². The summed E-state index contributed by atoms with van der Waals surface area (Å²) in [5, 5.41) is 31.7. The summed E-state index contributed by atoms with van der Waals surface area (Å²) in [5.41, 5.74) is 7.52. The van der Waals surface area contributed by atoms with E-state index in [-0.39, 0.29) is 16.7 Å². The predicted molar refractivity (Wildman–Crippen MR) is 500 cm³/mol. The SMILES string of the molecule is CC(=O)c1ccc2sc3ncnc(NC4CCC(N5CCOCC5)CC4)c3c2c1.ClCCl.NC(=O)c1ccc2sc3ncnc(NC4CCC(N5CCOCC5)CC4)c3c2c1.O=C(Cl)c1ccc2sc3ncnc(NC4CCC(N5CCOCC5)CC4)c3c2c1.O=C(O)c1ccc2sc3ncnc(NC4CCC(N5CCOCC5)CC4)c3c2c1.O=S(Cl)Cl. The van der Waals surface area contributed by atoms with Gasteiger partial charge in [0.2, 0.25) is 15.1 Å². The predicted octanol–water partition coefficient (Wildman–Crippen LogP) is 17.4. The number of ketones is 1. The molecule has 1 amide bonds. The average Bonchev–Trinajstić information content (AvgIpc) is 1.64. The van der Waals surface area contributed by atoms with Crippen LogP contribution in [0, 0.1) is 0 Å². The van der Waals surface area contributed by atoms with E-state index in [0.717, 1.165) is 267 Å². The highest BCUT2D eigenvalue weighted by Gasteiger charge is 2.34. The molecule has 0 unspecified atom stereocenters. The Kier molecular flexibility index (Phi) is 32.1. The maximum Gasteiger partial charge on any atom is 0.335 e. The van der Waals surface area contributed by atoms with Crippen LogP contribution in [-0.2, 0) is 28.2 Å². The molecule has 0 radical (unpaired) electrons. The van der Waals surface area contributed by atoms with Crippen molar-refractivity contribution in [2.24, 2.45) is 5.73 Å². The van der Waals surface area contributed by atoms with Gasteiger partial charge in [-0.2, -0.15) is 0 Å². The number of thiophene rings is 4. The van der Waals surface area contributed by atoms with Crippen LogP contribution < -0.4 is 27.0 Å². The van der Waals surface area contributed by atoms with Gasteiger partial charge in [0.15, 0.2) is 5.78 Å². The van der Waals surface area contributed by atoms with E-state index >= 15 is 0 Å². The number of alkyl halides is 2. The number of rotatable bonds is 16. The number of primary amides is 1. The van der Waals surface area contributed by atoms with Crippen molar-refractivity contribution < 1.29 is 47.4 Å². The lowest BCUT2D eigenvalue weighted by molar-refractivity contribution is 0.00788. The van der Waals surface area contributed by atoms with E-state index in [1.54, 1.807) is 102 Å². The smallest absolute Gasteiger partial charge is 0.335 e. The molecule has 4 aliphatic heterocycles. The molecular formula is C86H100Cl5N17O10S5. The van der Waals surface area contributed by atoms with Gasteiger partial charge in [-0.05, 0) is 194 Å². The van der Waals surface area contributed by atoms with Crippen molar-refractivity contribution in [1.29, 1.82) is 0 Å². The second-order valence-electron chi connectivity index (χ2n) is 31.8. The van der Waals surface area contributed by atoms with Gasteiger partial charge in [0.25, 0.3) is 5.24 Å². The number of amides is 1. The van der Waals surface area contributed by atoms with Crippen molar-refractivity contribution in [3.8, 4) is 0 Å². The van der Waals surface area contributed by atoms with Crippen LogP contribution in [0.15, 0.2) is 98.1 Å². The summed E-state index contributed by atoms with van der Waals surface area (Å²) < 4.78 is 35.4. The van der Waals surface area contributed by atoms with Gasteiger partial charge >= 0.3 is 5.97 Å². The van der Waals surface area contributed by atoms with Crippen LogP contribution in [0.3, 0.4) is 0 Å². The zero-order valence-electron chi connectivity index (χ0n) is 68.2. The lowest BCUT2D eigenvalue weighted by Gasteiger charge is -2.39. The first-order valence-electron chi connectivity index (χ1n) is 42.0. The molecule has 27 nitrogen and oxygen atoms in total. The highest BCUT2D eigenvalue weighted by atomic mass is 36.0. The third-order valence-corrected chi connectivity index (χ3v) is 29.2. The van der Waals surface area contributed by atoms with E-state index in [2.05, 4.69) is 102 Å². The van der Waals surface area contributed by atoms with Crippen LogP contribution in [0.4, 0.5) is 23.3 Å². The van der Waals surface area contributed by atoms with E-state index in [1.807, 2.05) is 48.5 Å². The van der Waals surface area contributed by atoms with Gasteiger partial charge in [-0.3, -0.25) is 34.0 Å². The molecule has 4 saturated heterocycles. The molecule has 4 aromatic carbocycles. The van der Waals surface area contributed by atoms with E-state index in [4.69, 9.17) is 63.7 Å². The summed E-state index contributed by atoms with van der Waals surface area (Å²) in [5.74, 6) is 2.18. The Hall–Kier alpha value is -7.16. The highest BCUT2D eigenvalue weighted by Crippen LogP contribution is 2.43. The van der Waals surface area contributed by atoms with Gasteiger partial charge in [-0.1, -0.05) is 0 Å². The molecule has 12 heterocycles. The van der Waals surface area contributed by atoms with Crippen LogP contribution in [0.2, 0.25) is 0 Å². The number of hydrogen-bond acceptors (Lipinski definition) is 29. The Morgan fingerprint density at radius 1 is 0.407 bits per heavy atom. The van der Waals surface area contributed by atoms with Crippen molar-refractivity contribution in [1.82, 2.24) is 59.5 Å². The summed E-state index contributed by atoms with van der Waals surface area (Å²) in [6, 6.07) is 26.6. The summed E-state index contributed by atoms with van der Waals surface area (Å²) in [6.07, 6.45) is 25.1. The summed E-state index contributed by atoms with van der Waals surface area (Å²) >= 11 is 21.7. The topological polar surface area (TPSA) is 333 Å². The van der Waals surface area contributed by atoms with Crippen molar-refractivity contribution in [2.75, 3.05) is 132 Å². The first-order chi connectivity index (χ1) is 59.9. The molecule has 0 bridgehead atoms. The molecule has 8 aromatic heterocycles. The molecule has 0 spiro atoms. The maximum absolute atomic E-state index is 11.9. The third kappa shape index (κ3) is 22.9. The van der Waals surface area contributed by atoms with Gasteiger partial charge in [-0.25, -0.2) is 48.9 Å². The molecule has 4 aliphatic carbocycles. The van der Waals surface area contributed by atoms with E-state index in [1.165, 1.54) is 51.4 Å². The number of carbonyl (C=O) groups excluding carboxylic acids is 3. The number of hydrogen-bond donors (Lipinski definition) is 6. The summed E-state index contributed by atoms with van der Waals surface area (Å²) in [4.78, 5) is 96.6. The number of aromatic carboxylic acids is 1. The molecule has 8 aliphatic rings. The van der Waals surface area contributed by atoms with Gasteiger partial charge < -0.3 is 51.1 Å². The fourth-order valence-corrected chi connectivity index (χ4v) is 22.6. The number of ether oxygens (including phenoxy) is 4. The van der Waals surface area contributed by atoms with Gasteiger partial charge in [-0.15, -0.1) is 68.5 Å². The number of halogens is 5. The summed E-state index contributed by atoms with van der Waals surface area (Å²) in [6.45, 7) is 16.9. The van der Waals surface area contributed by atoms with Crippen LogP contribution in [0.1, 0.15) is 151 Å². The number of Topliss-reactive ketones (excluding diaryl/α,β-unsaturated/α-hetero) is 1. The standard InChI is InChI=1S/C22H26N4O2S.C21H23ClN4O2S.C21H25N5O2S.C21H24N4O3S.CH2Cl2.Cl2OS/c1-14(27)15-2-7-19-18(12-15)20-21(23-13-24-22(20)29-19)25-16-3-5-17(6-4-16)26-8-10-28-11-9-26;2*22-19(27)13-1-6-17-16(11-13)18-20(23-12-24-21(18)29-17)25-14-2-4-15(5-3-14)26-7-9-28-10-8-26;26-21(27)13-1-6-17-16(11-13)18-19(22-12-23-20(18)29-17)24-14-2-4-15(5-3-14)25-7-9-28-10-8-25;2-1-3;1-4(2)3/h2,7,12-13,16-17H,3-6,8-11H2,1H3,(H,23,24,25);1,6,11-12,14-15H,2-5,7-10H2,(H,23,24,25);1,6,11-12,14-15H,2-5,7-10H2,(H2,22,27)(H,23,24,25);1,6,11-12,14-15H,2-5,7-10H2,(H,26,27)(H,22,23,24);1H2;. The molecule has 0 atom stereocenters. The second kappa shape index (κ2) is 43.6. The molecule has 37 heteroatoms. The Balaban J connectivity index is 0.000000124. The number of anilines is 4.